The molecule has 2 aliphatic carbocycles. The summed E-state index contributed by atoms with van der Waals surface area (Å²) in [5, 5.41) is 0. The maximum atomic E-state index is 2.41. The van der Waals surface area contributed by atoms with Gasteiger partial charge in [-0.3, -0.25) is 0 Å². The molecule has 0 N–H and O–H groups in total. The second kappa shape index (κ2) is 2.13. The summed E-state index contributed by atoms with van der Waals surface area (Å²) in [6.45, 7) is 6.97. The summed E-state index contributed by atoms with van der Waals surface area (Å²) in [7, 11) is 0. The largest absolute Gasteiger partial charge is 0.0773 e. The van der Waals surface area contributed by atoms with E-state index < -0.39 is 0 Å². The molecule has 0 fully saturated rings. The highest BCUT2D eigenvalue weighted by Crippen LogP contribution is 2.56. The second-order valence-electron chi connectivity index (χ2n) is 5.34. The van der Waals surface area contributed by atoms with E-state index in [9.17, 15) is 0 Å². The van der Waals surface area contributed by atoms with E-state index in [2.05, 4.69) is 51.1 Å². The van der Waals surface area contributed by atoms with E-state index in [-0.39, 0.29) is 0 Å². The van der Waals surface area contributed by atoms with Gasteiger partial charge in [-0.2, -0.15) is 0 Å². The molecule has 0 heterocycles. The van der Waals surface area contributed by atoms with Crippen LogP contribution in [0.2, 0.25) is 0 Å². The fraction of sp³-hybridized carbons (Fsp3) is 0.429. The van der Waals surface area contributed by atoms with E-state index in [1.807, 2.05) is 0 Å². The Balaban J connectivity index is 2.38. The van der Waals surface area contributed by atoms with Gasteiger partial charge in [0.15, 0.2) is 0 Å². The van der Waals surface area contributed by atoms with Gasteiger partial charge in [0.2, 0.25) is 0 Å². The molecule has 1 aromatic rings. The van der Waals surface area contributed by atoms with Crippen LogP contribution >= 0.6 is 0 Å². The standard InChI is InChI=1S/C14H16/c1-10-5-4-6-11-12(10)14(3)8-7-13(11,2)9-14/h4-8H,9H2,1-3H3/t13-,14+/m1/s1. The van der Waals surface area contributed by atoms with Crippen LogP contribution in [0.25, 0.3) is 0 Å². The molecule has 0 amide bonds. The molecule has 1 aromatic carbocycles. The maximum absolute atomic E-state index is 2.41. The molecule has 3 rings (SSSR count). The van der Waals surface area contributed by atoms with Gasteiger partial charge in [-0.25, -0.2) is 0 Å². The van der Waals surface area contributed by atoms with Crippen LogP contribution in [0.5, 0.6) is 0 Å². The van der Waals surface area contributed by atoms with Gasteiger partial charge >= 0.3 is 0 Å². The van der Waals surface area contributed by atoms with E-state index in [1.165, 1.54) is 12.0 Å². The molecule has 0 radical (unpaired) electrons. The number of hydrogen-bond donors (Lipinski definition) is 0. The van der Waals surface area contributed by atoms with Gasteiger partial charge < -0.3 is 0 Å². The molecule has 2 bridgehead atoms. The zero-order valence-corrected chi connectivity index (χ0v) is 9.09. The van der Waals surface area contributed by atoms with Crippen LogP contribution in [-0.2, 0) is 10.8 Å². The fourth-order valence-corrected chi connectivity index (χ4v) is 3.51. The summed E-state index contributed by atoms with van der Waals surface area (Å²) >= 11 is 0. The van der Waals surface area contributed by atoms with Crippen LogP contribution in [0.15, 0.2) is 30.4 Å². The van der Waals surface area contributed by atoms with Crippen molar-refractivity contribution < 1.29 is 0 Å². The maximum Gasteiger partial charge on any atom is 0.0121 e. The van der Waals surface area contributed by atoms with Crippen molar-refractivity contribution >= 4 is 0 Å². The molecule has 0 nitrogen and oxygen atoms in total. The molecular weight excluding hydrogens is 168 g/mol. The zero-order valence-electron chi connectivity index (χ0n) is 9.09. The number of allylic oxidation sites excluding steroid dienone is 2. The Bertz CT molecular complexity index is 441. The molecular formula is C14H16. The van der Waals surface area contributed by atoms with Gasteiger partial charge in [-0.05, 0) is 30.0 Å². The highest BCUT2D eigenvalue weighted by atomic mass is 14.5. The minimum Gasteiger partial charge on any atom is -0.0773 e. The third-order valence-corrected chi connectivity index (χ3v) is 4.01. The summed E-state index contributed by atoms with van der Waals surface area (Å²) in [6.07, 6.45) is 6.07. The van der Waals surface area contributed by atoms with E-state index in [4.69, 9.17) is 0 Å². The Morgan fingerprint density at radius 2 is 1.79 bits per heavy atom. The summed E-state index contributed by atoms with van der Waals surface area (Å²) in [5.41, 5.74) is 5.23. The topological polar surface area (TPSA) is 0 Å². The van der Waals surface area contributed by atoms with Crippen LogP contribution in [-0.4, -0.2) is 0 Å². The van der Waals surface area contributed by atoms with Gasteiger partial charge in [0, 0.05) is 10.8 Å². The summed E-state index contributed by atoms with van der Waals surface area (Å²) in [5.74, 6) is 0. The predicted molar refractivity (Wildman–Crippen MR) is 59.6 cm³/mol. The first-order chi connectivity index (χ1) is 6.55. The smallest absolute Gasteiger partial charge is 0.0121 e. The van der Waals surface area contributed by atoms with Crippen LogP contribution in [0.3, 0.4) is 0 Å². The van der Waals surface area contributed by atoms with Crippen LogP contribution in [0.4, 0.5) is 0 Å². The molecule has 0 heteroatoms. The third kappa shape index (κ3) is 0.755. The highest BCUT2D eigenvalue weighted by molar-refractivity contribution is 5.58. The molecule has 0 unspecified atom stereocenters. The van der Waals surface area contributed by atoms with E-state index in [0.29, 0.717) is 10.8 Å². The number of aryl methyl sites for hydroxylation is 1. The molecule has 72 valence electrons. The van der Waals surface area contributed by atoms with Gasteiger partial charge in [0.25, 0.3) is 0 Å². The lowest BCUT2D eigenvalue weighted by atomic mass is 9.81. The minimum absolute atomic E-state index is 0.315. The normalized spacial score (nSPS) is 37.6. The second-order valence-corrected chi connectivity index (χ2v) is 5.34. The average molecular weight is 184 g/mol. The Morgan fingerprint density at radius 3 is 2.50 bits per heavy atom. The zero-order chi connectivity index (χ0) is 9.97. The van der Waals surface area contributed by atoms with Crippen LogP contribution < -0.4 is 0 Å². The number of benzene rings is 1. The molecule has 14 heavy (non-hydrogen) atoms. The van der Waals surface area contributed by atoms with Gasteiger partial charge in [-0.1, -0.05) is 44.2 Å². The number of rotatable bonds is 0. The number of hydrogen-bond acceptors (Lipinski definition) is 0. The molecule has 2 aliphatic rings. The van der Waals surface area contributed by atoms with Crippen molar-refractivity contribution in [3.8, 4) is 0 Å². The number of fused-ring (bicyclic) bond motifs is 5. The quantitative estimate of drug-likeness (QED) is 0.541. The van der Waals surface area contributed by atoms with E-state index >= 15 is 0 Å². The van der Waals surface area contributed by atoms with Crippen molar-refractivity contribution in [1.29, 1.82) is 0 Å². The first-order valence-corrected chi connectivity index (χ1v) is 5.36. The van der Waals surface area contributed by atoms with Crippen molar-refractivity contribution in [2.45, 2.75) is 38.0 Å². The molecule has 0 saturated carbocycles. The third-order valence-electron chi connectivity index (χ3n) is 4.01. The first-order valence-electron chi connectivity index (χ1n) is 5.36. The Labute approximate surface area is 85.6 Å². The van der Waals surface area contributed by atoms with Crippen molar-refractivity contribution in [3.05, 3.63) is 47.0 Å². The van der Waals surface area contributed by atoms with Gasteiger partial charge in [0.1, 0.15) is 0 Å². The minimum atomic E-state index is 0.315. The van der Waals surface area contributed by atoms with E-state index in [0.717, 1.165) is 0 Å². The molecule has 0 spiro atoms. The molecule has 0 aromatic heterocycles. The predicted octanol–water partition coefficient (Wildman–Crippen LogP) is 3.48. The Hall–Kier alpha value is -1.04. The SMILES string of the molecule is Cc1cccc2c1[C@@]1(C)C=C[C@]2(C)C1. The first kappa shape index (κ1) is 8.28. The summed E-state index contributed by atoms with van der Waals surface area (Å²) in [6, 6.07) is 6.73. The van der Waals surface area contributed by atoms with Gasteiger partial charge in [0.05, 0.1) is 0 Å². The van der Waals surface area contributed by atoms with Crippen molar-refractivity contribution in [2.75, 3.05) is 0 Å². The highest BCUT2D eigenvalue weighted by Gasteiger charge is 2.49. The lowest BCUT2D eigenvalue weighted by molar-refractivity contribution is 0.516. The van der Waals surface area contributed by atoms with Gasteiger partial charge in [-0.15, -0.1) is 0 Å². The van der Waals surface area contributed by atoms with Crippen molar-refractivity contribution in [1.82, 2.24) is 0 Å². The molecule has 2 atom stereocenters. The summed E-state index contributed by atoms with van der Waals surface area (Å²) in [4.78, 5) is 0. The van der Waals surface area contributed by atoms with Crippen LogP contribution in [0.1, 0.15) is 37.0 Å². The van der Waals surface area contributed by atoms with Crippen molar-refractivity contribution in [2.24, 2.45) is 0 Å². The van der Waals surface area contributed by atoms with Crippen LogP contribution in [0, 0.1) is 6.92 Å². The molecule has 0 aliphatic heterocycles. The monoisotopic (exact) mass is 184 g/mol. The fourth-order valence-electron chi connectivity index (χ4n) is 3.51. The average Bonchev–Trinajstić information content (AvgIpc) is 2.54. The lowest BCUT2D eigenvalue weighted by Crippen LogP contribution is -2.14. The van der Waals surface area contributed by atoms with Crippen molar-refractivity contribution in [3.63, 3.8) is 0 Å². The Morgan fingerprint density at radius 1 is 1.07 bits per heavy atom. The summed E-state index contributed by atoms with van der Waals surface area (Å²) < 4.78 is 0. The van der Waals surface area contributed by atoms with E-state index in [1.54, 1.807) is 11.1 Å². The molecule has 0 saturated heterocycles. The lowest BCUT2D eigenvalue weighted by Gasteiger charge is -2.23. The Kier molecular flexibility index (Phi) is 1.26.